The fourth-order valence-corrected chi connectivity index (χ4v) is 1.82. The number of nitrogens with one attached hydrogen (secondary N) is 2. The third-order valence-electron chi connectivity index (χ3n) is 2.04. The maximum Gasteiger partial charge on any atom is 0.441 e. The number of carbonyl (C=O) groups excluding carboxylic acids is 1. The van der Waals surface area contributed by atoms with E-state index in [-0.39, 0.29) is 36.0 Å². The van der Waals surface area contributed by atoms with E-state index in [1.807, 2.05) is 0 Å². The van der Waals surface area contributed by atoms with Crippen LogP contribution in [0, 0.1) is 0 Å². The Morgan fingerprint density at radius 2 is 2.27 bits per heavy atom. The van der Waals surface area contributed by atoms with Gasteiger partial charge in [-0.15, -0.1) is 0 Å². The molecule has 0 spiro atoms. The molecule has 7 heteroatoms. The summed E-state index contributed by atoms with van der Waals surface area (Å²) in [6, 6.07) is -0.326. The van der Waals surface area contributed by atoms with Gasteiger partial charge in [-0.2, -0.15) is 13.2 Å². The summed E-state index contributed by atoms with van der Waals surface area (Å²) in [6.07, 6.45) is 1.57. The molecule has 0 aromatic rings. The smallest absolute Gasteiger partial charge is 0.355 e. The second kappa shape index (κ2) is 5.60. The van der Waals surface area contributed by atoms with Crippen LogP contribution >= 0.6 is 11.8 Å². The van der Waals surface area contributed by atoms with Gasteiger partial charge < -0.3 is 10.6 Å². The zero-order valence-corrected chi connectivity index (χ0v) is 8.88. The normalized spacial score (nSPS) is 22.6. The number of amides is 1. The second-order valence-electron chi connectivity index (χ2n) is 3.23. The largest absolute Gasteiger partial charge is 0.441 e. The first kappa shape index (κ1) is 12.6. The minimum atomic E-state index is -4.18. The molecule has 1 fully saturated rings. The average molecular weight is 242 g/mol. The molecule has 0 saturated carbocycles. The summed E-state index contributed by atoms with van der Waals surface area (Å²) in [4.78, 5) is 11.2. The standard InChI is InChI=1S/C8H13F3N2OS/c9-8(10,11)15-5-4-12-6-2-1-3-13-7(6)14/h6,12H,1-5H2,(H,13,14). The lowest BCUT2D eigenvalue weighted by Crippen LogP contribution is -2.48. The molecule has 0 aliphatic carbocycles. The number of hydrogen-bond acceptors (Lipinski definition) is 3. The molecule has 1 unspecified atom stereocenters. The van der Waals surface area contributed by atoms with Gasteiger partial charge in [0.25, 0.3) is 0 Å². The van der Waals surface area contributed by atoms with E-state index < -0.39 is 5.51 Å². The molecule has 1 atom stereocenters. The van der Waals surface area contributed by atoms with Crippen molar-refractivity contribution in [2.75, 3.05) is 18.8 Å². The van der Waals surface area contributed by atoms with E-state index in [0.717, 1.165) is 6.42 Å². The number of piperidine rings is 1. The molecule has 1 aliphatic rings. The zero-order valence-electron chi connectivity index (χ0n) is 8.06. The Morgan fingerprint density at radius 1 is 1.53 bits per heavy atom. The first-order valence-electron chi connectivity index (χ1n) is 4.71. The SMILES string of the molecule is O=C1NCCCC1NCCSC(F)(F)F. The number of rotatable bonds is 4. The van der Waals surface area contributed by atoms with E-state index in [4.69, 9.17) is 0 Å². The van der Waals surface area contributed by atoms with Gasteiger partial charge in [0.1, 0.15) is 0 Å². The minimum Gasteiger partial charge on any atom is -0.355 e. The van der Waals surface area contributed by atoms with E-state index in [1.54, 1.807) is 0 Å². The molecule has 15 heavy (non-hydrogen) atoms. The van der Waals surface area contributed by atoms with Crippen molar-refractivity contribution in [1.29, 1.82) is 0 Å². The van der Waals surface area contributed by atoms with E-state index in [0.29, 0.717) is 13.0 Å². The number of carbonyl (C=O) groups is 1. The Balaban J connectivity index is 2.11. The quantitative estimate of drug-likeness (QED) is 0.726. The topological polar surface area (TPSA) is 41.1 Å². The summed E-state index contributed by atoms with van der Waals surface area (Å²) < 4.78 is 35.3. The van der Waals surface area contributed by atoms with Crippen molar-refractivity contribution >= 4 is 17.7 Å². The third kappa shape index (κ3) is 5.27. The van der Waals surface area contributed by atoms with Crippen LogP contribution in [0.25, 0.3) is 0 Å². The van der Waals surface area contributed by atoms with Crippen LogP contribution in [0.3, 0.4) is 0 Å². The summed E-state index contributed by atoms with van der Waals surface area (Å²) in [7, 11) is 0. The summed E-state index contributed by atoms with van der Waals surface area (Å²) in [6.45, 7) is 0.858. The maximum atomic E-state index is 11.8. The van der Waals surface area contributed by atoms with E-state index in [2.05, 4.69) is 10.6 Å². The highest BCUT2D eigenvalue weighted by molar-refractivity contribution is 8.00. The Labute approximate surface area is 90.2 Å². The predicted octanol–water partition coefficient (Wildman–Crippen LogP) is 1.11. The molecule has 3 nitrogen and oxygen atoms in total. The van der Waals surface area contributed by atoms with Crippen LogP contribution in [-0.4, -0.2) is 36.3 Å². The van der Waals surface area contributed by atoms with Gasteiger partial charge in [0, 0.05) is 18.8 Å². The van der Waals surface area contributed by atoms with Crippen molar-refractivity contribution in [2.45, 2.75) is 24.4 Å². The number of halogens is 3. The number of hydrogen-bond donors (Lipinski definition) is 2. The molecule has 1 rings (SSSR count). The van der Waals surface area contributed by atoms with Gasteiger partial charge in [-0.3, -0.25) is 4.79 Å². The molecule has 1 saturated heterocycles. The van der Waals surface area contributed by atoms with Crippen molar-refractivity contribution in [2.24, 2.45) is 0 Å². The van der Waals surface area contributed by atoms with Crippen LogP contribution in [0.2, 0.25) is 0 Å². The lowest BCUT2D eigenvalue weighted by molar-refractivity contribution is -0.124. The first-order valence-corrected chi connectivity index (χ1v) is 5.69. The lowest BCUT2D eigenvalue weighted by Gasteiger charge is -2.22. The molecule has 0 aromatic carbocycles. The highest BCUT2D eigenvalue weighted by Crippen LogP contribution is 2.29. The monoisotopic (exact) mass is 242 g/mol. The van der Waals surface area contributed by atoms with Crippen molar-refractivity contribution in [1.82, 2.24) is 10.6 Å². The van der Waals surface area contributed by atoms with Crippen molar-refractivity contribution < 1.29 is 18.0 Å². The molecule has 2 N–H and O–H groups in total. The van der Waals surface area contributed by atoms with Gasteiger partial charge in [0.2, 0.25) is 5.91 Å². The Morgan fingerprint density at radius 3 is 2.87 bits per heavy atom. The Hall–Kier alpha value is -0.430. The predicted molar refractivity (Wildman–Crippen MR) is 52.5 cm³/mol. The van der Waals surface area contributed by atoms with E-state index in [9.17, 15) is 18.0 Å². The van der Waals surface area contributed by atoms with Crippen LogP contribution in [0.15, 0.2) is 0 Å². The summed E-state index contributed by atoms with van der Waals surface area (Å²) in [5, 5.41) is 5.47. The van der Waals surface area contributed by atoms with Crippen LogP contribution in [0.4, 0.5) is 13.2 Å². The summed E-state index contributed by atoms with van der Waals surface area (Å²) in [5.41, 5.74) is -4.18. The van der Waals surface area contributed by atoms with E-state index >= 15 is 0 Å². The number of thioether (sulfide) groups is 1. The van der Waals surface area contributed by atoms with Gasteiger partial charge in [0.15, 0.2) is 0 Å². The Bertz CT molecular complexity index is 222. The zero-order chi connectivity index (χ0) is 11.3. The van der Waals surface area contributed by atoms with Crippen molar-refractivity contribution in [3.63, 3.8) is 0 Å². The van der Waals surface area contributed by atoms with Crippen LogP contribution < -0.4 is 10.6 Å². The molecule has 88 valence electrons. The van der Waals surface area contributed by atoms with Gasteiger partial charge in [-0.05, 0) is 24.6 Å². The minimum absolute atomic E-state index is 0.0622. The molecule has 1 aliphatic heterocycles. The van der Waals surface area contributed by atoms with Crippen LogP contribution in [0.1, 0.15) is 12.8 Å². The molecule has 1 amide bonds. The van der Waals surface area contributed by atoms with Crippen molar-refractivity contribution in [3.8, 4) is 0 Å². The van der Waals surface area contributed by atoms with Crippen molar-refractivity contribution in [3.05, 3.63) is 0 Å². The maximum absolute atomic E-state index is 11.8. The molecular formula is C8H13F3N2OS. The van der Waals surface area contributed by atoms with Gasteiger partial charge >= 0.3 is 5.51 Å². The fraction of sp³-hybridized carbons (Fsp3) is 0.875. The molecule has 0 aromatic heterocycles. The highest BCUT2D eigenvalue weighted by Gasteiger charge is 2.28. The summed E-state index contributed by atoms with van der Waals surface area (Å²) >= 11 is -0.0708. The second-order valence-corrected chi connectivity index (χ2v) is 4.39. The first-order chi connectivity index (χ1) is 6.99. The fourth-order valence-electron chi connectivity index (χ4n) is 1.37. The molecule has 0 radical (unpaired) electrons. The number of alkyl halides is 3. The lowest BCUT2D eigenvalue weighted by atomic mass is 10.1. The van der Waals surface area contributed by atoms with Gasteiger partial charge in [-0.25, -0.2) is 0 Å². The average Bonchev–Trinajstić information content (AvgIpc) is 2.13. The third-order valence-corrected chi connectivity index (χ3v) is 2.78. The molecule has 1 heterocycles. The van der Waals surface area contributed by atoms with Crippen LogP contribution in [-0.2, 0) is 4.79 Å². The highest BCUT2D eigenvalue weighted by atomic mass is 32.2. The molecule has 0 bridgehead atoms. The van der Waals surface area contributed by atoms with Crippen LogP contribution in [0.5, 0.6) is 0 Å². The Kier molecular flexibility index (Phi) is 4.72. The summed E-state index contributed by atoms with van der Waals surface area (Å²) in [5.74, 6) is -0.175. The van der Waals surface area contributed by atoms with E-state index in [1.165, 1.54) is 0 Å². The van der Waals surface area contributed by atoms with Gasteiger partial charge in [0.05, 0.1) is 6.04 Å². The molecular weight excluding hydrogens is 229 g/mol. The van der Waals surface area contributed by atoms with Gasteiger partial charge in [-0.1, -0.05) is 0 Å².